The van der Waals surface area contributed by atoms with Crippen LogP contribution in [0.1, 0.15) is 16.8 Å². The van der Waals surface area contributed by atoms with E-state index in [1.165, 1.54) is 17.0 Å². The van der Waals surface area contributed by atoms with Gasteiger partial charge in [-0.1, -0.05) is 0 Å². The topological polar surface area (TPSA) is 102 Å². The van der Waals surface area contributed by atoms with Gasteiger partial charge in [0.05, 0.1) is 29.6 Å². The molecule has 7 nitrogen and oxygen atoms in total. The Balaban J connectivity index is 1.84. The molecule has 0 unspecified atom stereocenters. The monoisotopic (exact) mass is 313 g/mol. The van der Waals surface area contributed by atoms with Crippen molar-refractivity contribution < 1.29 is 14.3 Å². The van der Waals surface area contributed by atoms with Crippen molar-refractivity contribution in [3.63, 3.8) is 0 Å². The summed E-state index contributed by atoms with van der Waals surface area (Å²) in [4.78, 5) is 20.7. The van der Waals surface area contributed by atoms with E-state index in [1.54, 1.807) is 6.20 Å². The predicted molar refractivity (Wildman–Crippen MR) is 78.6 cm³/mol. The Morgan fingerprint density at radius 2 is 2.30 bits per heavy atom. The van der Waals surface area contributed by atoms with Gasteiger partial charge in [0.1, 0.15) is 5.82 Å². The average molecular weight is 313 g/mol. The Kier molecular flexibility index (Phi) is 3.76. The highest BCUT2D eigenvalue weighted by Crippen LogP contribution is 2.21. The van der Waals surface area contributed by atoms with Gasteiger partial charge in [-0.05, 0) is 30.2 Å². The highest BCUT2D eigenvalue weighted by Gasteiger charge is 2.22. The van der Waals surface area contributed by atoms with E-state index in [-0.39, 0.29) is 23.7 Å². The maximum atomic E-state index is 13.9. The number of carboxylic acid groups (broad SMARTS) is 1. The van der Waals surface area contributed by atoms with Crippen molar-refractivity contribution in [2.75, 3.05) is 11.9 Å². The lowest BCUT2D eigenvalue weighted by Gasteiger charge is -2.25. The summed E-state index contributed by atoms with van der Waals surface area (Å²) in [7, 11) is 0. The number of halogens is 1. The summed E-state index contributed by atoms with van der Waals surface area (Å²) < 4.78 is 13.9. The van der Waals surface area contributed by atoms with E-state index >= 15 is 0 Å². The van der Waals surface area contributed by atoms with Crippen molar-refractivity contribution in [3.05, 3.63) is 47.0 Å². The number of carbonyl (C=O) groups is 1. The van der Waals surface area contributed by atoms with Gasteiger partial charge in [-0.25, -0.2) is 19.2 Å². The highest BCUT2D eigenvalue weighted by molar-refractivity contribution is 5.65. The Labute approximate surface area is 131 Å². The van der Waals surface area contributed by atoms with E-state index in [0.29, 0.717) is 18.7 Å². The molecule has 1 aliphatic rings. The molecule has 0 aliphatic carbocycles. The molecule has 0 saturated heterocycles. The Morgan fingerprint density at radius 3 is 3.00 bits per heavy atom. The molecule has 0 saturated carbocycles. The summed E-state index contributed by atoms with van der Waals surface area (Å²) in [6.07, 6.45) is 1.17. The van der Waals surface area contributed by atoms with E-state index in [9.17, 15) is 9.18 Å². The van der Waals surface area contributed by atoms with Crippen molar-refractivity contribution >= 4 is 17.7 Å². The molecule has 0 atom stereocenters. The fourth-order valence-corrected chi connectivity index (χ4v) is 2.33. The summed E-state index contributed by atoms with van der Waals surface area (Å²) in [5.74, 6) is -0.405. The van der Waals surface area contributed by atoms with Gasteiger partial charge in [-0.2, -0.15) is 5.26 Å². The zero-order valence-electron chi connectivity index (χ0n) is 12.0. The maximum Gasteiger partial charge on any atom is 0.407 e. The van der Waals surface area contributed by atoms with Crippen LogP contribution in [0.4, 0.5) is 20.8 Å². The molecule has 8 heteroatoms. The molecule has 1 amide bonds. The lowest BCUT2D eigenvalue weighted by molar-refractivity contribution is 0.139. The summed E-state index contributed by atoms with van der Waals surface area (Å²) in [5.41, 5.74) is 1.85. The second kappa shape index (κ2) is 5.88. The molecule has 2 heterocycles. The number of nitrogens with one attached hydrogen (secondary N) is 1. The van der Waals surface area contributed by atoms with Crippen LogP contribution < -0.4 is 5.32 Å². The molecule has 116 valence electrons. The minimum Gasteiger partial charge on any atom is -0.465 e. The Morgan fingerprint density at radius 1 is 1.48 bits per heavy atom. The van der Waals surface area contributed by atoms with E-state index in [2.05, 4.69) is 15.3 Å². The third-order valence-electron chi connectivity index (χ3n) is 3.56. The largest absolute Gasteiger partial charge is 0.465 e. The number of nitriles is 1. The summed E-state index contributed by atoms with van der Waals surface area (Å²) >= 11 is 0. The van der Waals surface area contributed by atoms with Gasteiger partial charge in [0, 0.05) is 12.7 Å². The van der Waals surface area contributed by atoms with Crippen LogP contribution in [0.5, 0.6) is 0 Å². The molecule has 0 bridgehead atoms. The molecule has 1 aliphatic heterocycles. The van der Waals surface area contributed by atoms with Crippen LogP contribution in [-0.2, 0) is 13.0 Å². The van der Waals surface area contributed by atoms with Crippen LogP contribution in [0.2, 0.25) is 0 Å². The first-order valence-corrected chi connectivity index (χ1v) is 6.86. The van der Waals surface area contributed by atoms with E-state index < -0.39 is 11.9 Å². The zero-order valence-corrected chi connectivity index (χ0v) is 12.0. The molecule has 0 spiro atoms. The standard InChI is InChI=1S/C15H12FN5O2/c16-11-5-9(6-17)1-2-12(11)19-14-18-7-10-3-4-21(15(22)23)8-13(10)20-14/h1-2,5,7H,3-4,8H2,(H,22,23)(H,18,19,20). The van der Waals surface area contributed by atoms with Crippen molar-refractivity contribution in [1.82, 2.24) is 14.9 Å². The number of benzene rings is 1. The summed E-state index contributed by atoms with van der Waals surface area (Å²) in [5, 5.41) is 20.5. The number of hydrogen-bond donors (Lipinski definition) is 2. The van der Waals surface area contributed by atoms with Crippen LogP contribution in [0.3, 0.4) is 0 Å². The molecular weight excluding hydrogens is 301 g/mol. The highest BCUT2D eigenvalue weighted by atomic mass is 19.1. The first kappa shape index (κ1) is 14.7. The summed E-state index contributed by atoms with van der Waals surface area (Å²) in [6, 6.07) is 5.89. The fourth-order valence-electron chi connectivity index (χ4n) is 2.33. The van der Waals surface area contributed by atoms with E-state index in [4.69, 9.17) is 10.4 Å². The van der Waals surface area contributed by atoms with Crippen LogP contribution >= 0.6 is 0 Å². The number of amides is 1. The third kappa shape index (κ3) is 3.03. The Bertz CT molecular complexity index is 818. The van der Waals surface area contributed by atoms with Crippen LogP contribution in [-0.4, -0.2) is 32.6 Å². The molecule has 1 aromatic heterocycles. The van der Waals surface area contributed by atoms with Gasteiger partial charge in [0.25, 0.3) is 0 Å². The molecule has 23 heavy (non-hydrogen) atoms. The molecular formula is C15H12FN5O2. The first-order chi connectivity index (χ1) is 11.1. The van der Waals surface area contributed by atoms with Crippen molar-refractivity contribution in [2.24, 2.45) is 0 Å². The van der Waals surface area contributed by atoms with Crippen LogP contribution in [0, 0.1) is 17.1 Å². The van der Waals surface area contributed by atoms with Crippen LogP contribution in [0.15, 0.2) is 24.4 Å². The van der Waals surface area contributed by atoms with Gasteiger partial charge in [-0.15, -0.1) is 0 Å². The maximum absolute atomic E-state index is 13.9. The number of nitrogens with zero attached hydrogens (tertiary/aromatic N) is 4. The normalized spacial score (nSPS) is 13.1. The minimum absolute atomic E-state index is 0.148. The lowest BCUT2D eigenvalue weighted by Crippen LogP contribution is -2.35. The molecule has 0 fully saturated rings. The van der Waals surface area contributed by atoms with Gasteiger partial charge in [0.2, 0.25) is 5.95 Å². The second-order valence-corrected chi connectivity index (χ2v) is 5.05. The van der Waals surface area contributed by atoms with Gasteiger partial charge in [0.15, 0.2) is 0 Å². The number of hydrogen-bond acceptors (Lipinski definition) is 5. The molecule has 3 rings (SSSR count). The van der Waals surface area contributed by atoms with Crippen LogP contribution in [0.25, 0.3) is 0 Å². The van der Waals surface area contributed by atoms with E-state index in [0.717, 1.165) is 11.6 Å². The van der Waals surface area contributed by atoms with Gasteiger partial charge >= 0.3 is 6.09 Å². The minimum atomic E-state index is -0.998. The fraction of sp³-hybridized carbons (Fsp3) is 0.200. The van der Waals surface area contributed by atoms with E-state index in [1.807, 2.05) is 6.07 Å². The average Bonchev–Trinajstić information content (AvgIpc) is 2.56. The first-order valence-electron chi connectivity index (χ1n) is 6.86. The van der Waals surface area contributed by atoms with Crippen molar-refractivity contribution in [1.29, 1.82) is 5.26 Å². The zero-order chi connectivity index (χ0) is 16.4. The predicted octanol–water partition coefficient (Wildman–Crippen LogP) is 2.27. The molecule has 2 N–H and O–H groups in total. The number of anilines is 2. The Hall–Kier alpha value is -3.21. The van der Waals surface area contributed by atoms with Gasteiger partial charge in [-0.3, -0.25) is 0 Å². The molecule has 1 aromatic carbocycles. The number of aromatic nitrogens is 2. The quantitative estimate of drug-likeness (QED) is 0.881. The van der Waals surface area contributed by atoms with Gasteiger partial charge < -0.3 is 15.3 Å². The SMILES string of the molecule is N#Cc1ccc(Nc2ncc3c(n2)CN(C(=O)O)CC3)c(F)c1. The summed E-state index contributed by atoms with van der Waals surface area (Å²) in [6.45, 7) is 0.584. The third-order valence-corrected chi connectivity index (χ3v) is 3.56. The molecule has 2 aromatic rings. The molecule has 0 radical (unpaired) electrons. The number of fused-ring (bicyclic) bond motifs is 1. The second-order valence-electron chi connectivity index (χ2n) is 5.05. The van der Waals surface area contributed by atoms with Crippen molar-refractivity contribution in [3.8, 4) is 6.07 Å². The van der Waals surface area contributed by atoms with Crippen molar-refractivity contribution in [2.45, 2.75) is 13.0 Å². The lowest BCUT2D eigenvalue weighted by atomic mass is 10.1. The smallest absolute Gasteiger partial charge is 0.407 e. The number of rotatable bonds is 2.